The van der Waals surface area contributed by atoms with Gasteiger partial charge >= 0.3 is 0 Å². The van der Waals surface area contributed by atoms with Gasteiger partial charge in [-0.15, -0.1) is 22.7 Å². The Kier molecular flexibility index (Phi) is 4.61. The molecule has 2 N–H and O–H groups in total. The molecule has 3 heterocycles. The molecule has 0 radical (unpaired) electrons. The van der Waals surface area contributed by atoms with Crippen molar-refractivity contribution >= 4 is 49.6 Å². The first-order valence-electron chi connectivity index (χ1n) is 9.17. The molecular weight excluding hydrogens is 405 g/mol. The van der Waals surface area contributed by atoms with Crippen LogP contribution in [-0.2, 0) is 6.42 Å². The van der Waals surface area contributed by atoms with E-state index in [1.165, 1.54) is 10.9 Å². The zero-order valence-corrected chi connectivity index (χ0v) is 16.9. The fourth-order valence-electron chi connectivity index (χ4n) is 3.37. The van der Waals surface area contributed by atoms with Crippen molar-refractivity contribution in [2.75, 3.05) is 6.54 Å². The summed E-state index contributed by atoms with van der Waals surface area (Å²) in [4.78, 5) is 14.6. The van der Waals surface area contributed by atoms with Gasteiger partial charge in [-0.3, -0.25) is 9.89 Å². The van der Waals surface area contributed by atoms with E-state index < -0.39 is 11.7 Å². The summed E-state index contributed by atoms with van der Waals surface area (Å²) in [6.07, 6.45) is 0.728. The summed E-state index contributed by atoms with van der Waals surface area (Å²) in [5.74, 6) is -0.957. The molecule has 1 amide bonds. The van der Waals surface area contributed by atoms with E-state index in [2.05, 4.69) is 15.5 Å². The monoisotopic (exact) mass is 421 g/mol. The number of thiophene rings is 2. The number of aromatic nitrogens is 2. The summed E-state index contributed by atoms with van der Waals surface area (Å²) in [5.41, 5.74) is 1.14. The van der Waals surface area contributed by atoms with Gasteiger partial charge in [0.1, 0.15) is 11.5 Å². The van der Waals surface area contributed by atoms with Gasteiger partial charge in [-0.1, -0.05) is 24.3 Å². The molecule has 7 heteroatoms. The zero-order valence-electron chi connectivity index (χ0n) is 15.2. The second-order valence-corrected chi connectivity index (χ2v) is 8.77. The van der Waals surface area contributed by atoms with Crippen molar-refractivity contribution in [1.82, 2.24) is 15.5 Å². The average Bonchev–Trinajstić information content (AvgIpc) is 3.47. The molecule has 0 saturated heterocycles. The third kappa shape index (κ3) is 3.32. The number of hydrogen-bond donors (Lipinski definition) is 2. The van der Waals surface area contributed by atoms with Gasteiger partial charge in [-0.25, -0.2) is 4.39 Å². The molecule has 0 fully saturated rings. The molecule has 3 aromatic heterocycles. The van der Waals surface area contributed by atoms with Gasteiger partial charge < -0.3 is 5.32 Å². The number of benzene rings is 2. The minimum absolute atomic E-state index is 0.0347. The van der Waals surface area contributed by atoms with Crippen LogP contribution in [0.25, 0.3) is 31.6 Å². The predicted molar refractivity (Wildman–Crippen MR) is 117 cm³/mol. The van der Waals surface area contributed by atoms with E-state index >= 15 is 4.39 Å². The maximum Gasteiger partial charge on any atom is 0.254 e. The third-order valence-electron chi connectivity index (χ3n) is 4.81. The number of nitrogens with one attached hydrogen (secondary N) is 2. The highest BCUT2D eigenvalue weighted by Crippen LogP contribution is 2.37. The first-order chi connectivity index (χ1) is 14.2. The molecule has 2 aromatic carbocycles. The molecule has 0 spiro atoms. The fourth-order valence-corrected chi connectivity index (χ4v) is 5.14. The summed E-state index contributed by atoms with van der Waals surface area (Å²) < 4.78 is 16.5. The summed E-state index contributed by atoms with van der Waals surface area (Å²) in [6.45, 7) is 0.464. The molecule has 144 valence electrons. The van der Waals surface area contributed by atoms with Crippen molar-refractivity contribution in [2.45, 2.75) is 6.42 Å². The van der Waals surface area contributed by atoms with Crippen LogP contribution in [0, 0.1) is 5.82 Å². The Labute approximate surface area is 174 Å². The van der Waals surface area contributed by atoms with E-state index in [0.29, 0.717) is 23.1 Å². The van der Waals surface area contributed by atoms with Gasteiger partial charge in [0.05, 0.1) is 21.3 Å². The Morgan fingerprint density at radius 2 is 2.03 bits per heavy atom. The van der Waals surface area contributed by atoms with Crippen molar-refractivity contribution < 1.29 is 9.18 Å². The van der Waals surface area contributed by atoms with E-state index in [1.54, 1.807) is 28.7 Å². The van der Waals surface area contributed by atoms with E-state index in [0.717, 1.165) is 21.4 Å². The first-order valence-corrected chi connectivity index (χ1v) is 10.9. The second kappa shape index (κ2) is 7.42. The molecule has 5 rings (SSSR count). The highest BCUT2D eigenvalue weighted by atomic mass is 32.1. The summed E-state index contributed by atoms with van der Waals surface area (Å²) in [7, 11) is 0. The topological polar surface area (TPSA) is 57.8 Å². The van der Waals surface area contributed by atoms with Crippen molar-refractivity contribution in [2.24, 2.45) is 0 Å². The Morgan fingerprint density at radius 1 is 1.14 bits per heavy atom. The molecule has 0 atom stereocenters. The lowest BCUT2D eigenvalue weighted by atomic mass is 10.1. The number of rotatable bonds is 5. The number of hydrogen-bond acceptors (Lipinski definition) is 4. The first kappa shape index (κ1) is 18.0. The number of nitrogens with zero attached hydrogens (tertiary/aromatic N) is 1. The number of fused-ring (bicyclic) bond motifs is 2. The molecule has 29 heavy (non-hydrogen) atoms. The summed E-state index contributed by atoms with van der Waals surface area (Å²) >= 11 is 3.20. The van der Waals surface area contributed by atoms with Crippen molar-refractivity contribution in [3.8, 4) is 10.6 Å². The van der Waals surface area contributed by atoms with Gasteiger partial charge in [-0.05, 0) is 47.5 Å². The molecule has 0 bridgehead atoms. The van der Waals surface area contributed by atoms with Gasteiger partial charge in [0.25, 0.3) is 5.91 Å². The SMILES string of the molecule is O=C(NCCc1cccs1)c1ccc2[nH]nc(-c3cc4ccccc4s3)c2c1F. The molecule has 4 nitrogen and oxygen atoms in total. The van der Waals surface area contributed by atoms with Gasteiger partial charge in [0.15, 0.2) is 0 Å². The molecule has 5 aromatic rings. The highest BCUT2D eigenvalue weighted by Gasteiger charge is 2.20. The van der Waals surface area contributed by atoms with Gasteiger partial charge in [0.2, 0.25) is 0 Å². The zero-order chi connectivity index (χ0) is 19.8. The molecular formula is C22H16FN3OS2. The van der Waals surface area contributed by atoms with Crippen LogP contribution in [0.2, 0.25) is 0 Å². The Bertz CT molecular complexity index is 1290. The van der Waals surface area contributed by atoms with Crippen LogP contribution in [-0.4, -0.2) is 22.6 Å². The van der Waals surface area contributed by atoms with E-state index in [1.807, 2.05) is 47.8 Å². The largest absolute Gasteiger partial charge is 0.352 e. The lowest BCUT2D eigenvalue weighted by Gasteiger charge is -2.06. The van der Waals surface area contributed by atoms with E-state index in [4.69, 9.17) is 0 Å². The molecule has 0 aliphatic carbocycles. The van der Waals surface area contributed by atoms with Crippen LogP contribution < -0.4 is 5.32 Å². The Balaban J connectivity index is 1.47. The summed E-state index contributed by atoms with van der Waals surface area (Å²) in [5, 5.41) is 13.5. The van der Waals surface area contributed by atoms with Crippen LogP contribution in [0.1, 0.15) is 15.2 Å². The maximum atomic E-state index is 15.3. The smallest absolute Gasteiger partial charge is 0.254 e. The Morgan fingerprint density at radius 3 is 2.86 bits per heavy atom. The number of amides is 1. The van der Waals surface area contributed by atoms with Crippen molar-refractivity contribution in [3.63, 3.8) is 0 Å². The lowest BCUT2D eigenvalue weighted by molar-refractivity contribution is 0.0950. The molecule has 0 aliphatic heterocycles. The van der Waals surface area contributed by atoms with Crippen LogP contribution >= 0.6 is 22.7 Å². The molecule has 0 unspecified atom stereocenters. The van der Waals surface area contributed by atoms with Crippen LogP contribution in [0.15, 0.2) is 60.0 Å². The van der Waals surface area contributed by atoms with Crippen LogP contribution in [0.5, 0.6) is 0 Å². The quantitative estimate of drug-likeness (QED) is 0.387. The number of aromatic amines is 1. The average molecular weight is 422 g/mol. The van der Waals surface area contributed by atoms with Crippen molar-refractivity contribution in [1.29, 1.82) is 0 Å². The number of halogens is 1. The minimum Gasteiger partial charge on any atom is -0.352 e. The van der Waals surface area contributed by atoms with Crippen molar-refractivity contribution in [3.05, 3.63) is 76.2 Å². The predicted octanol–water partition coefficient (Wildman–Crippen LogP) is 5.62. The fraction of sp³-hybridized carbons (Fsp3) is 0.0909. The number of H-pyrrole nitrogens is 1. The third-order valence-corrected chi connectivity index (χ3v) is 6.87. The standard InChI is InChI=1S/C22H16FN3OS2/c23-20-15(22(27)24-10-9-14-5-3-11-28-14)7-8-16-19(20)21(26-25-16)18-12-13-4-1-2-6-17(13)29-18/h1-8,11-12H,9-10H2,(H,24,27)(H,25,26). The normalized spacial score (nSPS) is 11.3. The lowest BCUT2D eigenvalue weighted by Crippen LogP contribution is -2.26. The van der Waals surface area contributed by atoms with Crippen LogP contribution in [0.4, 0.5) is 4.39 Å². The highest BCUT2D eigenvalue weighted by molar-refractivity contribution is 7.22. The number of carbonyl (C=O) groups excluding carboxylic acids is 1. The minimum atomic E-state index is -0.544. The molecule has 0 aliphatic rings. The van der Waals surface area contributed by atoms with Gasteiger partial charge in [0, 0.05) is 16.1 Å². The number of carbonyl (C=O) groups is 1. The Hall–Kier alpha value is -3.03. The summed E-state index contributed by atoms with van der Waals surface area (Å²) in [6, 6.07) is 17.2. The van der Waals surface area contributed by atoms with E-state index in [-0.39, 0.29) is 5.56 Å². The second-order valence-electron chi connectivity index (χ2n) is 6.66. The van der Waals surface area contributed by atoms with Gasteiger partial charge in [-0.2, -0.15) is 5.10 Å². The van der Waals surface area contributed by atoms with E-state index in [9.17, 15) is 4.79 Å². The molecule has 0 saturated carbocycles. The maximum absolute atomic E-state index is 15.3. The van der Waals surface area contributed by atoms with Crippen LogP contribution in [0.3, 0.4) is 0 Å².